The van der Waals surface area contributed by atoms with E-state index in [2.05, 4.69) is 36.5 Å². The van der Waals surface area contributed by atoms with Crippen LogP contribution in [0.15, 0.2) is 16.7 Å². The van der Waals surface area contributed by atoms with Crippen LogP contribution in [-0.2, 0) is 0 Å². The van der Waals surface area contributed by atoms with Crippen LogP contribution in [0.2, 0.25) is 0 Å². The summed E-state index contributed by atoms with van der Waals surface area (Å²) in [5, 5.41) is 16.0. The molecule has 0 aliphatic carbocycles. The van der Waals surface area contributed by atoms with E-state index in [9.17, 15) is 0 Å². The zero-order valence-electron chi connectivity index (χ0n) is 8.02. The van der Waals surface area contributed by atoms with E-state index in [0.29, 0.717) is 6.04 Å². The van der Waals surface area contributed by atoms with Crippen LogP contribution in [0.3, 0.4) is 0 Å². The van der Waals surface area contributed by atoms with E-state index in [1.807, 2.05) is 12.1 Å². The van der Waals surface area contributed by atoms with E-state index in [-0.39, 0.29) is 0 Å². The van der Waals surface area contributed by atoms with Crippen molar-refractivity contribution >= 4 is 21.6 Å². The normalized spacial score (nSPS) is 21.3. The number of hydrogen-bond donors (Lipinski definition) is 1. The Morgan fingerprint density at radius 1 is 1.40 bits per heavy atom. The van der Waals surface area contributed by atoms with Gasteiger partial charge in [0.05, 0.1) is 6.04 Å². The summed E-state index contributed by atoms with van der Waals surface area (Å²) < 4.78 is 2.60. The quantitative estimate of drug-likeness (QED) is 0.847. The number of nitrogens with one attached hydrogen (secondary N) is 1. The molecule has 0 unspecified atom stereocenters. The third kappa shape index (κ3) is 1.53. The fraction of sp³-hybridized carbons (Fsp3) is 0.444. The van der Waals surface area contributed by atoms with Crippen LogP contribution in [0.25, 0.3) is 5.65 Å². The largest absolute Gasteiger partial charge is 0.307 e. The van der Waals surface area contributed by atoms with Gasteiger partial charge in [0.1, 0.15) is 4.60 Å². The number of hydrogen-bond acceptors (Lipinski definition) is 4. The summed E-state index contributed by atoms with van der Waals surface area (Å²) in [6, 6.07) is 4.07. The number of fused-ring (bicyclic) bond motifs is 1. The Kier molecular flexibility index (Phi) is 2.17. The molecule has 5 nitrogen and oxygen atoms in total. The molecular weight excluding hydrogens is 258 g/mol. The number of rotatable bonds is 1. The van der Waals surface area contributed by atoms with Gasteiger partial charge in [0.2, 0.25) is 0 Å². The Bertz CT molecular complexity index is 488. The molecule has 0 spiro atoms. The fourth-order valence-electron chi connectivity index (χ4n) is 1.91. The van der Waals surface area contributed by atoms with E-state index < -0.39 is 0 Å². The van der Waals surface area contributed by atoms with Gasteiger partial charge in [0, 0.05) is 0 Å². The lowest BCUT2D eigenvalue weighted by atomic mass is 10.2. The molecule has 2 aromatic rings. The topological polar surface area (TPSA) is 55.1 Å². The molecule has 1 atom stereocenters. The van der Waals surface area contributed by atoms with Crippen molar-refractivity contribution in [3.63, 3.8) is 0 Å². The maximum absolute atomic E-state index is 4.35. The molecule has 0 aromatic carbocycles. The van der Waals surface area contributed by atoms with Crippen LogP contribution >= 0.6 is 15.9 Å². The molecule has 1 aliphatic rings. The smallest absolute Gasteiger partial charge is 0.178 e. The molecule has 0 bridgehead atoms. The minimum atomic E-state index is 0.293. The first-order chi connectivity index (χ1) is 7.34. The molecule has 1 N–H and O–H groups in total. The van der Waals surface area contributed by atoms with Crippen molar-refractivity contribution < 1.29 is 0 Å². The first-order valence-electron chi connectivity index (χ1n) is 4.96. The third-order valence-corrected chi connectivity index (χ3v) is 3.05. The van der Waals surface area contributed by atoms with Crippen molar-refractivity contribution in [3.8, 4) is 0 Å². The van der Waals surface area contributed by atoms with E-state index >= 15 is 0 Å². The second-order valence-electron chi connectivity index (χ2n) is 3.63. The minimum absolute atomic E-state index is 0.293. The molecule has 0 radical (unpaired) electrons. The highest BCUT2D eigenvalue weighted by molar-refractivity contribution is 9.10. The van der Waals surface area contributed by atoms with Gasteiger partial charge in [0.15, 0.2) is 11.5 Å². The molecule has 1 saturated heterocycles. The Hall–Kier alpha value is -1.01. The van der Waals surface area contributed by atoms with Gasteiger partial charge in [-0.15, -0.1) is 10.2 Å². The highest BCUT2D eigenvalue weighted by atomic mass is 79.9. The van der Waals surface area contributed by atoms with E-state index in [4.69, 9.17) is 0 Å². The summed E-state index contributed by atoms with van der Waals surface area (Å²) in [6.45, 7) is 1.05. The van der Waals surface area contributed by atoms with Crippen LogP contribution in [0, 0.1) is 0 Å². The molecule has 1 aliphatic heterocycles. The van der Waals surface area contributed by atoms with Gasteiger partial charge in [0.25, 0.3) is 0 Å². The van der Waals surface area contributed by atoms with Crippen LogP contribution < -0.4 is 5.32 Å². The van der Waals surface area contributed by atoms with Crippen LogP contribution in [0.5, 0.6) is 0 Å². The van der Waals surface area contributed by atoms with E-state index in [0.717, 1.165) is 29.0 Å². The lowest BCUT2D eigenvalue weighted by Crippen LogP contribution is -2.16. The van der Waals surface area contributed by atoms with Gasteiger partial charge in [-0.2, -0.15) is 9.61 Å². The minimum Gasteiger partial charge on any atom is -0.307 e. The predicted octanol–water partition coefficient (Wildman–Crippen LogP) is 1.31. The van der Waals surface area contributed by atoms with Gasteiger partial charge in [-0.05, 0) is 47.4 Å². The second kappa shape index (κ2) is 3.53. The number of nitrogens with zero attached hydrogens (tertiary/aromatic N) is 4. The Morgan fingerprint density at radius 2 is 2.33 bits per heavy atom. The molecule has 15 heavy (non-hydrogen) atoms. The summed E-state index contributed by atoms with van der Waals surface area (Å²) >= 11 is 3.35. The molecular formula is C9H10BrN5. The van der Waals surface area contributed by atoms with Crippen LogP contribution in [-0.4, -0.2) is 26.4 Å². The molecule has 0 amide bonds. The molecule has 0 saturated carbocycles. The molecule has 6 heteroatoms. The highest BCUT2D eigenvalue weighted by Crippen LogP contribution is 2.21. The molecule has 2 aromatic heterocycles. The summed E-state index contributed by atoms with van der Waals surface area (Å²) in [5.41, 5.74) is 0.793. The zero-order chi connectivity index (χ0) is 10.3. The third-order valence-electron chi connectivity index (χ3n) is 2.63. The number of aromatic nitrogens is 4. The standard InChI is InChI=1S/C9H10BrN5/c10-7-3-4-8-12-13-9(15(8)14-7)6-2-1-5-11-6/h3-4,6,11H,1-2,5H2/t6-/m0/s1. The van der Waals surface area contributed by atoms with Crippen LogP contribution in [0.4, 0.5) is 0 Å². The van der Waals surface area contributed by atoms with Gasteiger partial charge >= 0.3 is 0 Å². The SMILES string of the molecule is Brc1ccc2nnc([C@@H]3CCCN3)n2n1. The Balaban J connectivity index is 2.13. The second-order valence-corrected chi connectivity index (χ2v) is 4.45. The predicted molar refractivity (Wildman–Crippen MR) is 58.5 cm³/mol. The lowest BCUT2D eigenvalue weighted by Gasteiger charge is -2.06. The maximum atomic E-state index is 4.35. The van der Waals surface area contributed by atoms with Gasteiger partial charge in [-0.1, -0.05) is 0 Å². The summed E-state index contributed by atoms with van der Waals surface area (Å²) in [6.07, 6.45) is 2.29. The average Bonchev–Trinajstić information content (AvgIpc) is 2.83. The molecule has 78 valence electrons. The Labute approximate surface area is 95.0 Å². The van der Waals surface area contributed by atoms with Gasteiger partial charge < -0.3 is 5.32 Å². The van der Waals surface area contributed by atoms with Crippen LogP contribution in [0.1, 0.15) is 24.7 Å². The van der Waals surface area contributed by atoms with Gasteiger partial charge in [-0.3, -0.25) is 0 Å². The van der Waals surface area contributed by atoms with E-state index in [1.165, 1.54) is 6.42 Å². The van der Waals surface area contributed by atoms with E-state index in [1.54, 1.807) is 4.52 Å². The maximum Gasteiger partial charge on any atom is 0.178 e. The summed E-state index contributed by atoms with van der Waals surface area (Å²) in [4.78, 5) is 0. The lowest BCUT2D eigenvalue weighted by molar-refractivity contribution is 0.583. The molecule has 3 rings (SSSR count). The molecule has 3 heterocycles. The van der Waals surface area contributed by atoms with Crippen molar-refractivity contribution in [3.05, 3.63) is 22.6 Å². The Morgan fingerprint density at radius 3 is 3.13 bits per heavy atom. The number of halogens is 1. The average molecular weight is 268 g/mol. The first-order valence-corrected chi connectivity index (χ1v) is 5.75. The highest BCUT2D eigenvalue weighted by Gasteiger charge is 2.22. The fourth-order valence-corrected chi connectivity index (χ4v) is 2.20. The van der Waals surface area contributed by atoms with Crippen molar-refractivity contribution in [1.29, 1.82) is 0 Å². The van der Waals surface area contributed by atoms with Crippen molar-refractivity contribution in [2.75, 3.05) is 6.54 Å². The molecule has 1 fully saturated rings. The summed E-state index contributed by atoms with van der Waals surface area (Å²) in [5.74, 6) is 0.906. The monoisotopic (exact) mass is 267 g/mol. The van der Waals surface area contributed by atoms with Crippen molar-refractivity contribution in [1.82, 2.24) is 25.1 Å². The first kappa shape index (κ1) is 9.23. The zero-order valence-corrected chi connectivity index (χ0v) is 9.61. The van der Waals surface area contributed by atoms with Crippen molar-refractivity contribution in [2.45, 2.75) is 18.9 Å². The summed E-state index contributed by atoms with van der Waals surface area (Å²) in [7, 11) is 0. The van der Waals surface area contributed by atoms with Gasteiger partial charge in [-0.25, -0.2) is 0 Å². The van der Waals surface area contributed by atoms with Crippen molar-refractivity contribution in [2.24, 2.45) is 0 Å².